The molecule has 0 saturated heterocycles. The average Bonchev–Trinajstić information content (AvgIpc) is 3.39. The van der Waals surface area contributed by atoms with E-state index in [0.717, 1.165) is 0 Å². The van der Waals surface area contributed by atoms with Crippen LogP contribution in [0.3, 0.4) is 0 Å². The number of nitrogens with one attached hydrogen (secondary N) is 1. The number of hydrogen-bond donors (Lipinski definition) is 1. The fourth-order valence-corrected chi connectivity index (χ4v) is 2.99. The molecule has 1 N–H and O–H groups in total. The summed E-state index contributed by atoms with van der Waals surface area (Å²) in [5.41, 5.74) is 1.43. The van der Waals surface area contributed by atoms with Crippen molar-refractivity contribution in [3.8, 4) is 40.4 Å². The number of carbonyl (C=O) groups is 1. The van der Waals surface area contributed by atoms with Crippen molar-refractivity contribution in [3.05, 3.63) is 66.6 Å². The third kappa shape index (κ3) is 4.85. The smallest absolute Gasteiger partial charge is 0.255 e. The number of aromatic nitrogens is 3. The lowest BCUT2D eigenvalue weighted by atomic mass is 10.1. The summed E-state index contributed by atoms with van der Waals surface area (Å²) in [4.78, 5) is 21.2. The highest BCUT2D eigenvalue weighted by molar-refractivity contribution is 6.05. The van der Waals surface area contributed by atoms with E-state index in [-0.39, 0.29) is 5.91 Å². The molecule has 0 radical (unpaired) electrons. The van der Waals surface area contributed by atoms with E-state index in [1.54, 1.807) is 54.7 Å². The second-order valence-electron chi connectivity index (χ2n) is 6.60. The summed E-state index contributed by atoms with van der Waals surface area (Å²) in [6.07, 6.45) is 3.01. The van der Waals surface area contributed by atoms with Crippen molar-refractivity contribution in [1.82, 2.24) is 15.1 Å². The first-order valence-corrected chi connectivity index (χ1v) is 9.74. The fraction of sp³-hybridized carbons (Fsp3) is 0.130. The molecule has 0 aliphatic rings. The first-order chi connectivity index (χ1) is 16.1. The molecule has 168 valence electrons. The number of nitrogens with zero attached hydrogens (tertiary/aromatic N) is 3. The molecule has 0 bridgehead atoms. The summed E-state index contributed by atoms with van der Waals surface area (Å²) in [7, 11) is 4.48. The molecule has 0 atom stereocenters. The summed E-state index contributed by atoms with van der Waals surface area (Å²) in [6, 6.07) is 13.3. The van der Waals surface area contributed by atoms with Crippen molar-refractivity contribution in [1.29, 1.82) is 0 Å². The summed E-state index contributed by atoms with van der Waals surface area (Å²) >= 11 is 0. The minimum Gasteiger partial charge on any atom is -0.493 e. The van der Waals surface area contributed by atoms with Gasteiger partial charge < -0.3 is 28.8 Å². The number of benzene rings is 2. The zero-order valence-electron chi connectivity index (χ0n) is 18.1. The molecule has 10 nitrogen and oxygen atoms in total. The molecule has 0 fully saturated rings. The highest BCUT2D eigenvalue weighted by Gasteiger charge is 2.17. The van der Waals surface area contributed by atoms with Gasteiger partial charge in [-0.15, -0.1) is 0 Å². The Balaban J connectivity index is 1.46. The minimum atomic E-state index is -0.337. The van der Waals surface area contributed by atoms with Crippen LogP contribution in [0.5, 0.6) is 28.9 Å². The van der Waals surface area contributed by atoms with E-state index in [1.165, 1.54) is 27.6 Å². The first kappa shape index (κ1) is 21.6. The number of ether oxygens (including phenoxy) is 4. The Morgan fingerprint density at radius 3 is 2.27 bits per heavy atom. The van der Waals surface area contributed by atoms with Gasteiger partial charge in [0.2, 0.25) is 11.6 Å². The lowest BCUT2D eigenvalue weighted by Gasteiger charge is -2.14. The van der Waals surface area contributed by atoms with Gasteiger partial charge in [0.25, 0.3) is 5.91 Å². The summed E-state index contributed by atoms with van der Waals surface area (Å²) in [5, 5.41) is 6.64. The molecule has 4 aromatic rings. The molecule has 0 saturated carbocycles. The lowest BCUT2D eigenvalue weighted by Crippen LogP contribution is -2.12. The van der Waals surface area contributed by atoms with E-state index in [1.807, 2.05) is 0 Å². The van der Waals surface area contributed by atoms with Gasteiger partial charge in [0.15, 0.2) is 23.0 Å². The number of amides is 1. The van der Waals surface area contributed by atoms with Crippen molar-refractivity contribution < 1.29 is 28.3 Å². The van der Waals surface area contributed by atoms with Crippen LogP contribution in [-0.2, 0) is 0 Å². The lowest BCUT2D eigenvalue weighted by molar-refractivity contribution is 0.102. The molecular formula is C23H20N4O6. The molecule has 4 rings (SSSR count). The summed E-state index contributed by atoms with van der Waals surface area (Å²) in [6.45, 7) is 0. The van der Waals surface area contributed by atoms with Gasteiger partial charge in [-0.2, -0.15) is 4.98 Å². The summed E-state index contributed by atoms with van der Waals surface area (Å²) in [5.74, 6) is 2.12. The molecule has 2 aromatic heterocycles. The predicted molar refractivity (Wildman–Crippen MR) is 118 cm³/mol. The van der Waals surface area contributed by atoms with Gasteiger partial charge in [-0.1, -0.05) is 5.16 Å². The maximum Gasteiger partial charge on any atom is 0.255 e. The summed E-state index contributed by atoms with van der Waals surface area (Å²) < 4.78 is 26.5. The normalized spacial score (nSPS) is 10.4. The second kappa shape index (κ2) is 9.69. The van der Waals surface area contributed by atoms with E-state index in [4.69, 9.17) is 23.5 Å². The van der Waals surface area contributed by atoms with E-state index in [0.29, 0.717) is 51.6 Å². The Bertz CT molecular complexity index is 1220. The largest absolute Gasteiger partial charge is 0.493 e. The molecule has 0 spiro atoms. The Kier molecular flexibility index (Phi) is 6.35. The standard InChI is InChI=1S/C23H20N4O6/c1-29-18-12-14(13-19(30-2)21(18)31-3)23(28)25-15-4-6-16(7-5-15)33-20-8-10-24-22(26-20)17-9-11-32-27-17/h4-13H,1-3H3,(H,25,28). The highest BCUT2D eigenvalue weighted by atomic mass is 16.5. The molecule has 33 heavy (non-hydrogen) atoms. The van der Waals surface area contributed by atoms with Crippen LogP contribution in [0.4, 0.5) is 5.69 Å². The quantitative estimate of drug-likeness (QED) is 0.423. The van der Waals surface area contributed by atoms with Crippen LogP contribution in [0.1, 0.15) is 10.4 Å². The van der Waals surface area contributed by atoms with Gasteiger partial charge in [0.05, 0.1) is 21.3 Å². The van der Waals surface area contributed by atoms with Crippen molar-refractivity contribution in [2.75, 3.05) is 26.6 Å². The van der Waals surface area contributed by atoms with E-state index < -0.39 is 0 Å². The Hall–Kier alpha value is -4.60. The molecule has 1 amide bonds. The van der Waals surface area contributed by atoms with Crippen molar-refractivity contribution in [2.45, 2.75) is 0 Å². The van der Waals surface area contributed by atoms with Crippen LogP contribution in [0.25, 0.3) is 11.5 Å². The van der Waals surface area contributed by atoms with E-state index in [9.17, 15) is 4.79 Å². The second-order valence-corrected chi connectivity index (χ2v) is 6.60. The molecule has 2 heterocycles. The number of methoxy groups -OCH3 is 3. The van der Waals surface area contributed by atoms with Gasteiger partial charge in [0, 0.05) is 29.6 Å². The molecule has 0 unspecified atom stereocenters. The third-order valence-corrected chi connectivity index (χ3v) is 4.56. The third-order valence-electron chi connectivity index (χ3n) is 4.56. The van der Waals surface area contributed by atoms with E-state index >= 15 is 0 Å². The van der Waals surface area contributed by atoms with E-state index in [2.05, 4.69) is 20.4 Å². The number of hydrogen-bond acceptors (Lipinski definition) is 9. The zero-order chi connectivity index (χ0) is 23.2. The fourth-order valence-electron chi connectivity index (χ4n) is 2.99. The predicted octanol–water partition coefficient (Wildman–Crippen LogP) is 4.20. The van der Waals surface area contributed by atoms with Gasteiger partial charge in [-0.05, 0) is 36.4 Å². The highest BCUT2D eigenvalue weighted by Crippen LogP contribution is 2.38. The van der Waals surface area contributed by atoms with Gasteiger partial charge >= 0.3 is 0 Å². The monoisotopic (exact) mass is 448 g/mol. The Morgan fingerprint density at radius 1 is 0.939 bits per heavy atom. The zero-order valence-corrected chi connectivity index (χ0v) is 18.1. The van der Waals surface area contributed by atoms with Crippen molar-refractivity contribution in [3.63, 3.8) is 0 Å². The average molecular weight is 448 g/mol. The van der Waals surface area contributed by atoms with Gasteiger partial charge in [-0.25, -0.2) is 4.98 Å². The van der Waals surface area contributed by atoms with Crippen LogP contribution in [-0.4, -0.2) is 42.4 Å². The van der Waals surface area contributed by atoms with Gasteiger partial charge in [-0.3, -0.25) is 4.79 Å². The van der Waals surface area contributed by atoms with Crippen LogP contribution in [0.2, 0.25) is 0 Å². The Labute approximate surface area is 189 Å². The number of anilines is 1. The van der Waals surface area contributed by atoms with Crippen LogP contribution >= 0.6 is 0 Å². The molecule has 2 aromatic carbocycles. The number of rotatable bonds is 8. The molecule has 0 aliphatic carbocycles. The van der Waals surface area contributed by atoms with Crippen molar-refractivity contribution >= 4 is 11.6 Å². The minimum absolute atomic E-state index is 0.337. The van der Waals surface area contributed by atoms with Crippen LogP contribution < -0.4 is 24.3 Å². The molecule has 10 heteroatoms. The topological polar surface area (TPSA) is 118 Å². The Morgan fingerprint density at radius 2 is 1.67 bits per heavy atom. The first-order valence-electron chi connectivity index (χ1n) is 9.74. The van der Waals surface area contributed by atoms with Crippen LogP contribution in [0.15, 0.2) is 65.5 Å². The SMILES string of the molecule is COc1cc(C(=O)Nc2ccc(Oc3ccnc(-c4ccon4)n3)cc2)cc(OC)c1OC. The van der Waals surface area contributed by atoms with Crippen LogP contribution in [0, 0.1) is 0 Å². The van der Waals surface area contributed by atoms with Crippen molar-refractivity contribution in [2.24, 2.45) is 0 Å². The van der Waals surface area contributed by atoms with Gasteiger partial charge in [0.1, 0.15) is 12.0 Å². The maximum absolute atomic E-state index is 12.8. The maximum atomic E-state index is 12.8. The number of carbonyl (C=O) groups excluding carboxylic acids is 1. The molecule has 0 aliphatic heterocycles. The molecular weight excluding hydrogens is 428 g/mol.